The zero-order valence-electron chi connectivity index (χ0n) is 8.10. The predicted molar refractivity (Wildman–Crippen MR) is 54.1 cm³/mol. The molecule has 0 aliphatic carbocycles. The third kappa shape index (κ3) is 1.61. The Labute approximate surface area is 82.9 Å². The maximum Gasteiger partial charge on any atom is 0.243 e. The highest BCUT2D eigenvalue weighted by atomic mass is 16.2. The van der Waals surface area contributed by atoms with Gasteiger partial charge in [-0.1, -0.05) is 0 Å². The summed E-state index contributed by atoms with van der Waals surface area (Å²) >= 11 is 0. The average molecular weight is 191 g/mol. The van der Waals surface area contributed by atoms with Crippen LogP contribution in [-0.4, -0.2) is 30.5 Å². The molecule has 0 saturated carbocycles. The van der Waals surface area contributed by atoms with E-state index in [2.05, 4.69) is 10.3 Å². The molecule has 2 rings (SSSR count). The van der Waals surface area contributed by atoms with Crippen molar-refractivity contribution in [2.45, 2.75) is 12.5 Å². The minimum Gasteiger partial charge on any atom is -0.313 e. The van der Waals surface area contributed by atoms with Gasteiger partial charge in [-0.05, 0) is 25.1 Å². The van der Waals surface area contributed by atoms with E-state index >= 15 is 0 Å². The van der Waals surface area contributed by atoms with Crippen LogP contribution >= 0.6 is 0 Å². The van der Waals surface area contributed by atoms with Crippen molar-refractivity contribution in [2.24, 2.45) is 0 Å². The molecule has 74 valence electrons. The Balaban J connectivity index is 2.07. The molecule has 1 aromatic heterocycles. The summed E-state index contributed by atoms with van der Waals surface area (Å²) in [4.78, 5) is 17.4. The van der Waals surface area contributed by atoms with Gasteiger partial charge in [-0.25, -0.2) is 0 Å². The van der Waals surface area contributed by atoms with Gasteiger partial charge in [0.2, 0.25) is 5.91 Å². The summed E-state index contributed by atoms with van der Waals surface area (Å²) in [6.45, 7) is 0.942. The SMILES string of the molecule is CN(C(=O)[C@H]1CCN1)c1cccnc1. The van der Waals surface area contributed by atoms with Crippen molar-refractivity contribution in [3.63, 3.8) is 0 Å². The van der Waals surface area contributed by atoms with Crippen molar-refractivity contribution in [2.75, 3.05) is 18.5 Å². The molecule has 1 amide bonds. The molecule has 0 aromatic carbocycles. The molecule has 0 bridgehead atoms. The molecule has 1 aliphatic heterocycles. The van der Waals surface area contributed by atoms with Crippen LogP contribution < -0.4 is 10.2 Å². The van der Waals surface area contributed by atoms with E-state index in [1.807, 2.05) is 12.1 Å². The predicted octanol–water partition coefficient (Wildman–Crippen LogP) is 0.406. The van der Waals surface area contributed by atoms with E-state index in [0.29, 0.717) is 0 Å². The third-order valence-electron chi connectivity index (χ3n) is 2.49. The molecule has 4 heteroatoms. The van der Waals surface area contributed by atoms with Crippen LogP contribution in [0.4, 0.5) is 5.69 Å². The molecule has 1 aromatic rings. The van der Waals surface area contributed by atoms with Crippen molar-refractivity contribution in [1.29, 1.82) is 0 Å². The third-order valence-corrected chi connectivity index (χ3v) is 2.49. The Bertz CT molecular complexity index is 321. The van der Waals surface area contributed by atoms with Crippen molar-refractivity contribution in [1.82, 2.24) is 10.3 Å². The van der Waals surface area contributed by atoms with Crippen LogP contribution in [0, 0.1) is 0 Å². The van der Waals surface area contributed by atoms with Crippen LogP contribution in [0.1, 0.15) is 6.42 Å². The van der Waals surface area contributed by atoms with Gasteiger partial charge in [-0.15, -0.1) is 0 Å². The monoisotopic (exact) mass is 191 g/mol. The van der Waals surface area contributed by atoms with E-state index in [0.717, 1.165) is 18.7 Å². The van der Waals surface area contributed by atoms with E-state index in [-0.39, 0.29) is 11.9 Å². The van der Waals surface area contributed by atoms with Crippen molar-refractivity contribution < 1.29 is 4.79 Å². The van der Waals surface area contributed by atoms with Gasteiger partial charge in [0.15, 0.2) is 0 Å². The molecule has 0 spiro atoms. The Morgan fingerprint density at radius 1 is 1.71 bits per heavy atom. The number of pyridine rings is 1. The number of carbonyl (C=O) groups excluding carboxylic acids is 1. The number of rotatable bonds is 2. The standard InChI is InChI=1S/C10H13N3O/c1-13(8-3-2-5-11-7-8)10(14)9-4-6-12-9/h2-3,5,7,9,12H,4,6H2,1H3/t9-/m1/s1. The van der Waals surface area contributed by atoms with Crippen LogP contribution in [-0.2, 0) is 4.79 Å². The van der Waals surface area contributed by atoms with Gasteiger partial charge in [0.25, 0.3) is 0 Å². The summed E-state index contributed by atoms with van der Waals surface area (Å²) in [5.41, 5.74) is 0.839. The first-order valence-corrected chi connectivity index (χ1v) is 4.70. The largest absolute Gasteiger partial charge is 0.313 e. The summed E-state index contributed by atoms with van der Waals surface area (Å²) in [6.07, 6.45) is 4.32. The Morgan fingerprint density at radius 2 is 2.50 bits per heavy atom. The fraction of sp³-hybridized carbons (Fsp3) is 0.400. The van der Waals surface area contributed by atoms with Gasteiger partial charge in [0, 0.05) is 13.2 Å². The molecule has 1 N–H and O–H groups in total. The number of anilines is 1. The van der Waals surface area contributed by atoms with Gasteiger partial charge in [0.05, 0.1) is 17.9 Å². The molecule has 14 heavy (non-hydrogen) atoms. The lowest BCUT2D eigenvalue weighted by Gasteiger charge is -2.30. The van der Waals surface area contributed by atoms with Crippen LogP contribution in [0.25, 0.3) is 0 Å². The maximum absolute atomic E-state index is 11.8. The molecular formula is C10H13N3O. The fourth-order valence-corrected chi connectivity index (χ4v) is 1.41. The van der Waals surface area contributed by atoms with E-state index in [9.17, 15) is 4.79 Å². The summed E-state index contributed by atoms with van der Waals surface area (Å²) < 4.78 is 0. The zero-order chi connectivity index (χ0) is 9.97. The number of aromatic nitrogens is 1. The summed E-state index contributed by atoms with van der Waals surface area (Å²) in [6, 6.07) is 3.71. The minimum atomic E-state index is 0.000191. The number of carbonyl (C=O) groups is 1. The van der Waals surface area contributed by atoms with E-state index in [1.165, 1.54) is 0 Å². The van der Waals surface area contributed by atoms with Gasteiger partial charge in [-0.3, -0.25) is 9.78 Å². The quantitative estimate of drug-likeness (QED) is 0.736. The van der Waals surface area contributed by atoms with Crippen molar-refractivity contribution >= 4 is 11.6 Å². The number of nitrogens with zero attached hydrogens (tertiary/aromatic N) is 2. The maximum atomic E-state index is 11.8. The number of hydrogen-bond acceptors (Lipinski definition) is 3. The zero-order valence-corrected chi connectivity index (χ0v) is 8.10. The smallest absolute Gasteiger partial charge is 0.243 e. The second kappa shape index (κ2) is 3.75. The lowest BCUT2D eigenvalue weighted by Crippen LogP contribution is -2.53. The van der Waals surface area contributed by atoms with Gasteiger partial charge >= 0.3 is 0 Å². The summed E-state index contributed by atoms with van der Waals surface area (Å²) in [7, 11) is 1.78. The number of nitrogens with one attached hydrogen (secondary N) is 1. The Kier molecular flexibility index (Phi) is 2.45. The number of hydrogen-bond donors (Lipinski definition) is 1. The molecule has 1 saturated heterocycles. The lowest BCUT2D eigenvalue weighted by molar-refractivity contribution is -0.121. The Hall–Kier alpha value is -1.42. The van der Waals surface area contributed by atoms with Crippen LogP contribution in [0.2, 0.25) is 0 Å². The van der Waals surface area contributed by atoms with E-state index < -0.39 is 0 Å². The first-order chi connectivity index (χ1) is 6.79. The highest BCUT2D eigenvalue weighted by molar-refractivity contribution is 5.97. The molecule has 1 atom stereocenters. The molecule has 1 fully saturated rings. The highest BCUT2D eigenvalue weighted by Gasteiger charge is 2.27. The van der Waals surface area contributed by atoms with Gasteiger partial charge in [0.1, 0.15) is 0 Å². The molecule has 1 aliphatic rings. The Morgan fingerprint density at radius 3 is 3.00 bits per heavy atom. The van der Waals surface area contributed by atoms with Crippen molar-refractivity contribution in [3.8, 4) is 0 Å². The first-order valence-electron chi connectivity index (χ1n) is 4.70. The van der Waals surface area contributed by atoms with E-state index in [1.54, 1.807) is 24.3 Å². The second-order valence-corrected chi connectivity index (χ2v) is 3.40. The highest BCUT2D eigenvalue weighted by Crippen LogP contribution is 2.13. The van der Waals surface area contributed by atoms with Gasteiger partial charge in [-0.2, -0.15) is 0 Å². The summed E-state index contributed by atoms with van der Waals surface area (Å²) in [5, 5.41) is 3.08. The van der Waals surface area contributed by atoms with Crippen LogP contribution in [0.5, 0.6) is 0 Å². The number of likely N-dealkylation sites (N-methyl/N-ethyl adjacent to an activating group) is 1. The van der Waals surface area contributed by atoms with Gasteiger partial charge < -0.3 is 10.2 Å². The average Bonchev–Trinajstić information content (AvgIpc) is 2.15. The molecular weight excluding hydrogens is 178 g/mol. The lowest BCUT2D eigenvalue weighted by atomic mass is 10.1. The first kappa shape index (κ1) is 9.15. The molecule has 2 heterocycles. The fourth-order valence-electron chi connectivity index (χ4n) is 1.41. The minimum absolute atomic E-state index is 0.000191. The van der Waals surface area contributed by atoms with Crippen LogP contribution in [0.15, 0.2) is 24.5 Å². The number of amides is 1. The molecule has 4 nitrogen and oxygen atoms in total. The molecule has 0 radical (unpaired) electrons. The van der Waals surface area contributed by atoms with Crippen LogP contribution in [0.3, 0.4) is 0 Å². The van der Waals surface area contributed by atoms with E-state index in [4.69, 9.17) is 0 Å². The normalized spacial score (nSPS) is 19.9. The molecule has 0 unspecified atom stereocenters. The topological polar surface area (TPSA) is 45.2 Å². The second-order valence-electron chi connectivity index (χ2n) is 3.40. The summed E-state index contributed by atoms with van der Waals surface area (Å²) in [5.74, 6) is 0.115. The van der Waals surface area contributed by atoms with Crippen molar-refractivity contribution in [3.05, 3.63) is 24.5 Å².